The minimum Gasteiger partial charge on any atom is -0.278 e. The Morgan fingerprint density at radius 2 is 1.71 bits per heavy atom. The van der Waals surface area contributed by atoms with E-state index >= 15 is 0 Å². The van der Waals surface area contributed by atoms with Gasteiger partial charge in [0.15, 0.2) is 0 Å². The van der Waals surface area contributed by atoms with Gasteiger partial charge >= 0.3 is 0 Å². The van der Waals surface area contributed by atoms with Crippen LogP contribution >= 0.6 is 23.2 Å². The van der Waals surface area contributed by atoms with E-state index in [-0.39, 0.29) is 21.4 Å². The van der Waals surface area contributed by atoms with Crippen LogP contribution in [0.1, 0.15) is 0 Å². The van der Waals surface area contributed by atoms with E-state index in [0.717, 1.165) is 18.2 Å². The molecule has 0 fully saturated rings. The number of nitro benzene ring substituents is 1. The van der Waals surface area contributed by atoms with Gasteiger partial charge in [-0.15, -0.1) is 0 Å². The second-order valence-corrected chi connectivity index (χ2v) is 6.42. The molecule has 6 nitrogen and oxygen atoms in total. The molecule has 0 aliphatic carbocycles. The van der Waals surface area contributed by atoms with Crippen LogP contribution in [0.2, 0.25) is 10.0 Å². The normalized spacial score (nSPS) is 11.1. The summed E-state index contributed by atoms with van der Waals surface area (Å²) >= 11 is 11.7. The highest BCUT2D eigenvalue weighted by atomic mass is 35.5. The lowest BCUT2D eigenvalue weighted by atomic mass is 10.3. The fourth-order valence-electron chi connectivity index (χ4n) is 1.56. The van der Waals surface area contributed by atoms with Crippen molar-refractivity contribution < 1.29 is 13.3 Å². The van der Waals surface area contributed by atoms with Gasteiger partial charge in [0.2, 0.25) is 0 Å². The summed E-state index contributed by atoms with van der Waals surface area (Å²) in [7, 11) is -4.09. The Hall–Kier alpha value is -1.83. The molecule has 0 atom stereocenters. The fourth-order valence-corrected chi connectivity index (χ4v) is 3.39. The highest BCUT2D eigenvalue weighted by molar-refractivity contribution is 7.92. The van der Waals surface area contributed by atoms with E-state index in [9.17, 15) is 18.5 Å². The number of nitrogens with zero attached hydrogens (tertiary/aromatic N) is 1. The molecular weight excluding hydrogens is 339 g/mol. The number of anilines is 1. The molecule has 0 aliphatic rings. The summed E-state index contributed by atoms with van der Waals surface area (Å²) in [5, 5.41) is 10.8. The third-order valence-electron chi connectivity index (χ3n) is 2.53. The first-order valence-corrected chi connectivity index (χ1v) is 7.76. The van der Waals surface area contributed by atoms with Crippen molar-refractivity contribution in [1.29, 1.82) is 0 Å². The second-order valence-electron chi connectivity index (χ2n) is 3.96. The first kappa shape index (κ1) is 15.6. The summed E-state index contributed by atoms with van der Waals surface area (Å²) in [6.07, 6.45) is 0. The topological polar surface area (TPSA) is 89.3 Å². The number of halogens is 2. The van der Waals surface area contributed by atoms with Gasteiger partial charge in [0.25, 0.3) is 15.7 Å². The fraction of sp³-hybridized carbons (Fsp3) is 0. The molecule has 9 heteroatoms. The molecule has 2 aromatic carbocycles. The summed E-state index contributed by atoms with van der Waals surface area (Å²) in [5.41, 5.74) is -0.222. The van der Waals surface area contributed by atoms with Gasteiger partial charge in [-0.2, -0.15) is 0 Å². The molecule has 0 aromatic heterocycles. The van der Waals surface area contributed by atoms with Crippen molar-refractivity contribution in [1.82, 2.24) is 0 Å². The summed E-state index contributed by atoms with van der Waals surface area (Å²) in [5.74, 6) is 0. The second kappa shape index (κ2) is 5.88. The van der Waals surface area contributed by atoms with E-state index in [1.165, 1.54) is 12.1 Å². The van der Waals surface area contributed by atoms with Crippen molar-refractivity contribution in [3.8, 4) is 0 Å². The van der Waals surface area contributed by atoms with E-state index in [2.05, 4.69) is 4.72 Å². The maximum atomic E-state index is 12.3. The molecule has 0 radical (unpaired) electrons. The van der Waals surface area contributed by atoms with E-state index < -0.39 is 19.8 Å². The highest BCUT2D eigenvalue weighted by Crippen LogP contribution is 2.29. The number of sulfonamides is 1. The van der Waals surface area contributed by atoms with Crippen LogP contribution in [0.3, 0.4) is 0 Å². The standard InChI is InChI=1S/C12H8Cl2N2O4S/c13-9-3-1-2-4-11(9)15-21(19,20)12-7-8(16(17)18)5-6-10(12)14/h1-7,15H. The summed E-state index contributed by atoms with van der Waals surface area (Å²) < 4.78 is 26.8. The number of nitro groups is 1. The molecule has 0 saturated carbocycles. The van der Waals surface area contributed by atoms with Crippen molar-refractivity contribution >= 4 is 44.6 Å². The third kappa shape index (κ3) is 3.44. The molecule has 0 bridgehead atoms. The molecule has 0 spiro atoms. The molecule has 0 unspecified atom stereocenters. The van der Waals surface area contributed by atoms with E-state index in [0.29, 0.717) is 0 Å². The van der Waals surface area contributed by atoms with Crippen molar-refractivity contribution in [2.45, 2.75) is 4.90 Å². The van der Waals surface area contributed by atoms with Gasteiger partial charge < -0.3 is 0 Å². The first-order chi connectivity index (χ1) is 9.81. The molecule has 21 heavy (non-hydrogen) atoms. The number of hydrogen-bond donors (Lipinski definition) is 1. The van der Waals surface area contributed by atoms with Crippen LogP contribution in [-0.4, -0.2) is 13.3 Å². The Morgan fingerprint density at radius 3 is 2.33 bits per heavy atom. The van der Waals surface area contributed by atoms with Crippen LogP contribution in [-0.2, 0) is 10.0 Å². The van der Waals surface area contributed by atoms with E-state index in [4.69, 9.17) is 23.2 Å². The van der Waals surface area contributed by atoms with Gasteiger partial charge in [-0.25, -0.2) is 8.42 Å². The Morgan fingerprint density at radius 1 is 1.05 bits per heavy atom. The van der Waals surface area contributed by atoms with E-state index in [1.54, 1.807) is 12.1 Å². The van der Waals surface area contributed by atoms with Crippen molar-refractivity contribution in [3.63, 3.8) is 0 Å². The molecule has 0 heterocycles. The Balaban J connectivity index is 2.47. The van der Waals surface area contributed by atoms with Crippen molar-refractivity contribution in [2.75, 3.05) is 4.72 Å². The molecule has 0 saturated heterocycles. The van der Waals surface area contributed by atoms with Gasteiger partial charge in [0.1, 0.15) is 4.90 Å². The van der Waals surface area contributed by atoms with Gasteiger partial charge in [-0.1, -0.05) is 35.3 Å². The molecule has 0 aliphatic heterocycles. The van der Waals surface area contributed by atoms with Crippen LogP contribution in [0.15, 0.2) is 47.4 Å². The van der Waals surface area contributed by atoms with Crippen LogP contribution in [0.5, 0.6) is 0 Å². The lowest BCUT2D eigenvalue weighted by molar-refractivity contribution is -0.385. The van der Waals surface area contributed by atoms with Crippen LogP contribution < -0.4 is 4.72 Å². The highest BCUT2D eigenvalue weighted by Gasteiger charge is 2.22. The minimum atomic E-state index is -4.09. The monoisotopic (exact) mass is 346 g/mol. The maximum Gasteiger partial charge on any atom is 0.270 e. The number of benzene rings is 2. The molecule has 1 N–H and O–H groups in total. The number of hydrogen-bond acceptors (Lipinski definition) is 4. The summed E-state index contributed by atoms with van der Waals surface area (Å²) in [6, 6.07) is 9.37. The van der Waals surface area contributed by atoms with Crippen LogP contribution in [0.4, 0.5) is 11.4 Å². The lowest BCUT2D eigenvalue weighted by Crippen LogP contribution is -2.14. The van der Waals surface area contributed by atoms with E-state index in [1.807, 2.05) is 0 Å². The van der Waals surface area contributed by atoms with Gasteiger partial charge in [0, 0.05) is 12.1 Å². The lowest BCUT2D eigenvalue weighted by Gasteiger charge is -2.10. The van der Waals surface area contributed by atoms with Crippen LogP contribution in [0.25, 0.3) is 0 Å². The zero-order valence-corrected chi connectivity index (χ0v) is 12.6. The number of nitrogens with one attached hydrogen (secondary N) is 1. The predicted molar refractivity (Wildman–Crippen MR) is 80.4 cm³/mol. The Kier molecular flexibility index (Phi) is 4.36. The number of non-ortho nitro benzene ring substituents is 1. The number of rotatable bonds is 4. The van der Waals surface area contributed by atoms with Gasteiger partial charge in [-0.3, -0.25) is 14.8 Å². The number of para-hydroxylation sites is 1. The average Bonchev–Trinajstić information content (AvgIpc) is 2.41. The van der Waals surface area contributed by atoms with Gasteiger partial charge in [-0.05, 0) is 18.2 Å². The maximum absolute atomic E-state index is 12.3. The summed E-state index contributed by atoms with van der Waals surface area (Å²) in [4.78, 5) is 9.64. The Bertz CT molecular complexity index is 809. The van der Waals surface area contributed by atoms with Gasteiger partial charge in [0.05, 0.1) is 20.7 Å². The summed E-state index contributed by atoms with van der Waals surface area (Å²) in [6.45, 7) is 0. The largest absolute Gasteiger partial charge is 0.278 e. The molecule has 2 aromatic rings. The SMILES string of the molecule is O=[N+]([O-])c1ccc(Cl)c(S(=O)(=O)Nc2ccccc2Cl)c1. The molecule has 2 rings (SSSR count). The van der Waals surface area contributed by atoms with Crippen molar-refractivity contribution in [2.24, 2.45) is 0 Å². The zero-order valence-electron chi connectivity index (χ0n) is 10.3. The smallest absolute Gasteiger partial charge is 0.270 e. The molecule has 0 amide bonds. The zero-order chi connectivity index (χ0) is 15.6. The first-order valence-electron chi connectivity index (χ1n) is 5.52. The molecular formula is C12H8Cl2N2O4S. The van der Waals surface area contributed by atoms with Crippen molar-refractivity contribution in [3.05, 3.63) is 62.6 Å². The quantitative estimate of drug-likeness (QED) is 0.674. The Labute approximate surface area is 130 Å². The van der Waals surface area contributed by atoms with Crippen LogP contribution in [0, 0.1) is 10.1 Å². The molecule has 110 valence electrons. The predicted octanol–water partition coefficient (Wildman–Crippen LogP) is 3.70. The minimum absolute atomic E-state index is 0.125. The average molecular weight is 347 g/mol. The third-order valence-corrected chi connectivity index (χ3v) is 4.71.